The summed E-state index contributed by atoms with van der Waals surface area (Å²) < 4.78 is 25.4. The first-order valence-electron chi connectivity index (χ1n) is 8.20. The molecule has 134 valence electrons. The van der Waals surface area contributed by atoms with Gasteiger partial charge in [-0.2, -0.15) is 0 Å². The van der Waals surface area contributed by atoms with E-state index in [1.807, 2.05) is 56.3 Å². The maximum Gasteiger partial charge on any atom is 0.241 e. The van der Waals surface area contributed by atoms with Crippen molar-refractivity contribution in [2.75, 3.05) is 17.1 Å². The van der Waals surface area contributed by atoms with Crippen molar-refractivity contribution in [3.63, 3.8) is 0 Å². The fraction of sp³-hybridized carbons (Fsp3) is 0.316. The van der Waals surface area contributed by atoms with E-state index in [2.05, 4.69) is 5.32 Å². The van der Waals surface area contributed by atoms with Crippen molar-refractivity contribution in [3.8, 4) is 0 Å². The van der Waals surface area contributed by atoms with E-state index >= 15 is 0 Å². The van der Waals surface area contributed by atoms with Crippen molar-refractivity contribution in [2.24, 2.45) is 0 Å². The second kappa shape index (κ2) is 8.16. The third-order valence-electron chi connectivity index (χ3n) is 3.95. The van der Waals surface area contributed by atoms with Crippen molar-refractivity contribution in [3.05, 3.63) is 65.7 Å². The van der Waals surface area contributed by atoms with Gasteiger partial charge in [0.25, 0.3) is 0 Å². The molecule has 2 aromatic carbocycles. The molecule has 0 spiro atoms. The molecule has 5 nitrogen and oxygen atoms in total. The smallest absolute Gasteiger partial charge is 0.241 e. The van der Waals surface area contributed by atoms with Crippen molar-refractivity contribution in [1.29, 1.82) is 0 Å². The highest BCUT2D eigenvalue weighted by Crippen LogP contribution is 2.19. The van der Waals surface area contributed by atoms with Gasteiger partial charge in [-0.1, -0.05) is 55.0 Å². The van der Waals surface area contributed by atoms with Gasteiger partial charge in [-0.15, -0.1) is 0 Å². The highest BCUT2D eigenvalue weighted by Gasteiger charge is 2.22. The number of aryl methyl sites for hydroxylation is 1. The summed E-state index contributed by atoms with van der Waals surface area (Å²) >= 11 is 0. The van der Waals surface area contributed by atoms with Crippen LogP contribution in [0.15, 0.2) is 54.6 Å². The molecular weight excluding hydrogens is 336 g/mol. The number of sulfonamides is 1. The molecule has 0 heterocycles. The molecule has 0 unspecified atom stereocenters. The molecule has 6 heteroatoms. The second-order valence-corrected chi connectivity index (χ2v) is 7.95. The van der Waals surface area contributed by atoms with E-state index in [0.29, 0.717) is 5.69 Å². The van der Waals surface area contributed by atoms with E-state index < -0.39 is 10.0 Å². The lowest BCUT2D eigenvalue weighted by Crippen LogP contribution is -2.41. The van der Waals surface area contributed by atoms with Gasteiger partial charge < -0.3 is 5.32 Å². The van der Waals surface area contributed by atoms with Crippen molar-refractivity contribution >= 4 is 21.6 Å². The molecule has 0 bridgehead atoms. The number of carbonyl (C=O) groups is 1. The van der Waals surface area contributed by atoms with Crippen LogP contribution >= 0.6 is 0 Å². The van der Waals surface area contributed by atoms with Crippen LogP contribution in [-0.4, -0.2) is 27.1 Å². The molecular formula is C19H24N2O3S. The zero-order valence-electron chi connectivity index (χ0n) is 14.8. The fourth-order valence-electron chi connectivity index (χ4n) is 2.59. The monoisotopic (exact) mass is 360 g/mol. The Morgan fingerprint density at radius 2 is 1.68 bits per heavy atom. The van der Waals surface area contributed by atoms with Crippen LogP contribution in [0.2, 0.25) is 0 Å². The molecule has 0 radical (unpaired) electrons. The summed E-state index contributed by atoms with van der Waals surface area (Å²) in [6.07, 6.45) is 1.83. The minimum Gasteiger partial charge on any atom is -0.348 e. The number of anilines is 1. The molecule has 0 saturated carbocycles. The topological polar surface area (TPSA) is 66.5 Å². The number of nitrogens with zero attached hydrogens (tertiary/aromatic N) is 1. The molecule has 1 amide bonds. The summed E-state index contributed by atoms with van der Waals surface area (Å²) in [5.41, 5.74) is 2.51. The number of hydrogen-bond acceptors (Lipinski definition) is 3. The normalized spacial score (nSPS) is 12.4. The average Bonchev–Trinajstić information content (AvgIpc) is 2.58. The summed E-state index contributed by atoms with van der Waals surface area (Å²) in [7, 11) is -3.56. The highest BCUT2D eigenvalue weighted by molar-refractivity contribution is 7.92. The van der Waals surface area contributed by atoms with E-state index in [0.717, 1.165) is 28.1 Å². The number of amides is 1. The van der Waals surface area contributed by atoms with Crippen molar-refractivity contribution in [1.82, 2.24) is 5.32 Å². The summed E-state index contributed by atoms with van der Waals surface area (Å²) in [6.45, 7) is 3.66. The van der Waals surface area contributed by atoms with Gasteiger partial charge in [-0.3, -0.25) is 9.10 Å². The Hall–Kier alpha value is -2.34. The van der Waals surface area contributed by atoms with Gasteiger partial charge in [0, 0.05) is 0 Å². The van der Waals surface area contributed by atoms with Crippen LogP contribution in [0.3, 0.4) is 0 Å². The van der Waals surface area contributed by atoms with E-state index in [4.69, 9.17) is 0 Å². The summed E-state index contributed by atoms with van der Waals surface area (Å²) in [5.74, 6) is -0.332. The van der Waals surface area contributed by atoms with Gasteiger partial charge in [0.2, 0.25) is 15.9 Å². The van der Waals surface area contributed by atoms with Crippen LogP contribution in [0.1, 0.15) is 30.5 Å². The third-order valence-corrected chi connectivity index (χ3v) is 5.10. The van der Waals surface area contributed by atoms with Gasteiger partial charge in [0.05, 0.1) is 18.0 Å². The van der Waals surface area contributed by atoms with E-state index in [1.165, 1.54) is 0 Å². The summed E-state index contributed by atoms with van der Waals surface area (Å²) in [5, 5.41) is 2.92. The van der Waals surface area contributed by atoms with Crippen LogP contribution in [0.25, 0.3) is 0 Å². The Morgan fingerprint density at radius 3 is 2.20 bits per heavy atom. The number of hydrogen-bond donors (Lipinski definition) is 1. The Morgan fingerprint density at radius 1 is 1.08 bits per heavy atom. The Labute approximate surface area is 149 Å². The number of rotatable bonds is 7. The number of benzene rings is 2. The van der Waals surface area contributed by atoms with Crippen molar-refractivity contribution in [2.45, 2.75) is 26.3 Å². The third kappa shape index (κ3) is 5.32. The predicted octanol–water partition coefficient (Wildman–Crippen LogP) is 3.03. The van der Waals surface area contributed by atoms with Crippen LogP contribution < -0.4 is 9.62 Å². The van der Waals surface area contributed by atoms with E-state index in [-0.39, 0.29) is 18.5 Å². The highest BCUT2D eigenvalue weighted by atomic mass is 32.2. The maximum atomic E-state index is 12.5. The Bertz CT molecular complexity index is 802. The van der Waals surface area contributed by atoms with Gasteiger partial charge in [-0.25, -0.2) is 8.42 Å². The maximum absolute atomic E-state index is 12.5. The lowest BCUT2D eigenvalue weighted by molar-refractivity contribution is -0.120. The van der Waals surface area contributed by atoms with Crippen LogP contribution in [0, 0.1) is 6.92 Å². The minimum atomic E-state index is -3.56. The standard InChI is InChI=1S/C19H24N2O3S/c1-4-18(16-8-6-5-7-9-16)20-19(22)14-21(25(3,23)24)17-12-10-15(2)11-13-17/h5-13,18H,4,14H2,1-3H3,(H,20,22)/t18-/m1/s1. The SMILES string of the molecule is CC[C@@H](NC(=O)CN(c1ccc(C)cc1)S(C)(=O)=O)c1ccccc1. The molecule has 0 aliphatic carbocycles. The van der Waals surface area contributed by atoms with Crippen LogP contribution in [0.5, 0.6) is 0 Å². The quantitative estimate of drug-likeness (QED) is 0.825. The molecule has 25 heavy (non-hydrogen) atoms. The molecule has 1 atom stereocenters. The molecule has 0 fully saturated rings. The van der Waals surface area contributed by atoms with Crippen LogP contribution in [-0.2, 0) is 14.8 Å². The minimum absolute atomic E-state index is 0.145. The first-order chi connectivity index (χ1) is 11.8. The van der Waals surface area contributed by atoms with E-state index in [9.17, 15) is 13.2 Å². The lowest BCUT2D eigenvalue weighted by Gasteiger charge is -2.24. The molecule has 0 aliphatic rings. The molecule has 0 aromatic heterocycles. The number of carbonyl (C=O) groups excluding carboxylic acids is 1. The largest absolute Gasteiger partial charge is 0.348 e. The fourth-order valence-corrected chi connectivity index (χ4v) is 3.44. The molecule has 1 N–H and O–H groups in total. The van der Waals surface area contributed by atoms with Gasteiger partial charge in [-0.05, 0) is 31.0 Å². The van der Waals surface area contributed by atoms with Gasteiger partial charge in [0.1, 0.15) is 6.54 Å². The summed E-state index contributed by atoms with van der Waals surface area (Å²) in [4.78, 5) is 12.5. The second-order valence-electron chi connectivity index (χ2n) is 6.04. The summed E-state index contributed by atoms with van der Waals surface area (Å²) in [6, 6.07) is 16.6. The van der Waals surface area contributed by atoms with Crippen molar-refractivity contribution < 1.29 is 13.2 Å². The van der Waals surface area contributed by atoms with Crippen LogP contribution in [0.4, 0.5) is 5.69 Å². The Kier molecular flexibility index (Phi) is 6.20. The van der Waals surface area contributed by atoms with Gasteiger partial charge in [0.15, 0.2) is 0 Å². The van der Waals surface area contributed by atoms with E-state index in [1.54, 1.807) is 12.1 Å². The zero-order valence-corrected chi connectivity index (χ0v) is 15.6. The number of nitrogens with one attached hydrogen (secondary N) is 1. The first kappa shape index (κ1) is 19.0. The molecule has 0 saturated heterocycles. The molecule has 2 rings (SSSR count). The lowest BCUT2D eigenvalue weighted by atomic mass is 10.0. The first-order valence-corrected chi connectivity index (χ1v) is 10.0. The molecule has 0 aliphatic heterocycles. The van der Waals surface area contributed by atoms with Gasteiger partial charge >= 0.3 is 0 Å². The zero-order chi connectivity index (χ0) is 18.4. The molecule has 2 aromatic rings. The Balaban J connectivity index is 2.15. The predicted molar refractivity (Wildman–Crippen MR) is 101 cm³/mol. The average molecular weight is 360 g/mol.